The lowest BCUT2D eigenvalue weighted by atomic mass is 9.93. The smallest absolute Gasteiger partial charge is 0.210 e. The highest BCUT2D eigenvalue weighted by Crippen LogP contribution is 2.41. The molecule has 0 saturated carbocycles. The molecular weight excluding hydrogens is 176 g/mol. The highest BCUT2D eigenvalue weighted by atomic mass is 16.5. The molecule has 0 aromatic heterocycles. The molecule has 2 aliphatic rings. The van der Waals surface area contributed by atoms with E-state index in [1.807, 2.05) is 36.4 Å². The largest absolute Gasteiger partial charge is 0.478 e. The molecule has 1 heterocycles. The van der Waals surface area contributed by atoms with Gasteiger partial charge in [-0.25, -0.2) is 0 Å². The number of fused-ring (bicyclic) bond motifs is 1. The van der Waals surface area contributed by atoms with Crippen LogP contribution in [0.1, 0.15) is 23.2 Å². The fraction of sp³-hybridized carbons (Fsp3) is 0.250. The number of hydrogen-bond acceptors (Lipinski definition) is 2. The lowest BCUT2D eigenvalue weighted by molar-refractivity contribution is 0.0608. The lowest BCUT2D eigenvalue weighted by Crippen LogP contribution is -2.36. The van der Waals surface area contributed by atoms with Crippen molar-refractivity contribution in [2.75, 3.05) is 0 Å². The second-order valence-electron chi connectivity index (χ2n) is 3.80. The highest BCUT2D eigenvalue weighted by Gasteiger charge is 2.47. The van der Waals surface area contributed by atoms with Crippen molar-refractivity contribution in [2.24, 2.45) is 0 Å². The van der Waals surface area contributed by atoms with Gasteiger partial charge >= 0.3 is 0 Å². The third-order valence-electron chi connectivity index (χ3n) is 2.91. The molecule has 0 bridgehead atoms. The number of carbonyl (C=O) groups is 1. The fourth-order valence-corrected chi connectivity index (χ4v) is 2.14. The van der Waals surface area contributed by atoms with Gasteiger partial charge in [0.25, 0.3) is 0 Å². The number of benzene rings is 1. The van der Waals surface area contributed by atoms with E-state index in [1.165, 1.54) is 0 Å². The summed E-state index contributed by atoms with van der Waals surface area (Å²) in [6.45, 7) is 0. The van der Waals surface area contributed by atoms with Gasteiger partial charge in [0, 0.05) is 12.8 Å². The Kier molecular flexibility index (Phi) is 1.38. The van der Waals surface area contributed by atoms with Gasteiger partial charge in [-0.3, -0.25) is 4.79 Å². The monoisotopic (exact) mass is 186 g/mol. The highest BCUT2D eigenvalue weighted by molar-refractivity contribution is 6.07. The molecule has 0 saturated heterocycles. The number of Topliss-reactive ketones (excluding diaryl/α,β-unsaturated/α-hetero) is 1. The zero-order valence-corrected chi connectivity index (χ0v) is 7.69. The van der Waals surface area contributed by atoms with Crippen molar-refractivity contribution >= 4 is 5.78 Å². The van der Waals surface area contributed by atoms with E-state index in [-0.39, 0.29) is 5.78 Å². The number of carbonyl (C=O) groups excluding carboxylic acids is 1. The minimum absolute atomic E-state index is 0.137. The van der Waals surface area contributed by atoms with Crippen molar-refractivity contribution in [2.45, 2.75) is 18.4 Å². The summed E-state index contributed by atoms with van der Waals surface area (Å²) in [4.78, 5) is 12.1. The van der Waals surface area contributed by atoms with Crippen LogP contribution in [0.15, 0.2) is 36.4 Å². The van der Waals surface area contributed by atoms with Gasteiger partial charge in [0.15, 0.2) is 5.60 Å². The zero-order chi connectivity index (χ0) is 9.60. The predicted octanol–water partition coefficient (Wildman–Crippen LogP) is 2.35. The Balaban J connectivity index is 2.09. The van der Waals surface area contributed by atoms with Crippen LogP contribution in [0.2, 0.25) is 0 Å². The molecule has 0 fully saturated rings. The quantitative estimate of drug-likeness (QED) is 0.581. The average Bonchev–Trinajstić information content (AvgIpc) is 2.77. The normalized spacial score (nSPS) is 21.3. The maximum atomic E-state index is 12.1. The van der Waals surface area contributed by atoms with E-state index in [2.05, 4.69) is 0 Å². The molecule has 1 aromatic carbocycles. The van der Waals surface area contributed by atoms with E-state index in [9.17, 15) is 4.79 Å². The van der Waals surface area contributed by atoms with E-state index >= 15 is 0 Å². The van der Waals surface area contributed by atoms with Crippen LogP contribution < -0.4 is 4.74 Å². The van der Waals surface area contributed by atoms with Gasteiger partial charge in [0.1, 0.15) is 5.75 Å². The molecule has 0 radical (unpaired) electrons. The summed E-state index contributed by atoms with van der Waals surface area (Å²) in [5, 5.41) is 0. The van der Waals surface area contributed by atoms with Gasteiger partial charge in [-0.2, -0.15) is 0 Å². The first-order valence-corrected chi connectivity index (χ1v) is 4.80. The first kappa shape index (κ1) is 7.80. The van der Waals surface area contributed by atoms with Crippen LogP contribution in [0.4, 0.5) is 0 Å². The zero-order valence-electron chi connectivity index (χ0n) is 7.69. The van der Waals surface area contributed by atoms with Gasteiger partial charge in [0.2, 0.25) is 5.78 Å². The van der Waals surface area contributed by atoms with Crippen molar-refractivity contribution in [3.63, 3.8) is 0 Å². The minimum atomic E-state index is -0.594. The van der Waals surface area contributed by atoms with E-state index in [1.54, 1.807) is 0 Å². The Morgan fingerprint density at radius 2 is 1.86 bits per heavy atom. The van der Waals surface area contributed by atoms with E-state index in [0.717, 1.165) is 11.3 Å². The van der Waals surface area contributed by atoms with Gasteiger partial charge in [0.05, 0.1) is 5.56 Å². The van der Waals surface area contributed by atoms with Crippen molar-refractivity contribution in [1.29, 1.82) is 0 Å². The molecule has 2 heteroatoms. The van der Waals surface area contributed by atoms with Crippen LogP contribution >= 0.6 is 0 Å². The van der Waals surface area contributed by atoms with Crippen molar-refractivity contribution < 1.29 is 9.53 Å². The third kappa shape index (κ3) is 0.830. The van der Waals surface area contributed by atoms with Gasteiger partial charge < -0.3 is 4.74 Å². The summed E-state index contributed by atoms with van der Waals surface area (Å²) in [5.41, 5.74) is 0.139. The summed E-state index contributed by atoms with van der Waals surface area (Å²) >= 11 is 0. The van der Waals surface area contributed by atoms with Crippen molar-refractivity contribution in [3.8, 4) is 5.75 Å². The number of rotatable bonds is 0. The van der Waals surface area contributed by atoms with Gasteiger partial charge in [-0.15, -0.1) is 0 Å². The Labute approximate surface area is 82.2 Å². The number of hydrogen-bond donors (Lipinski definition) is 0. The molecule has 2 nitrogen and oxygen atoms in total. The SMILES string of the molecule is O=C1c2ccccc2OC12CC=CC2. The lowest BCUT2D eigenvalue weighted by Gasteiger charge is -2.20. The average molecular weight is 186 g/mol. The predicted molar refractivity (Wildman–Crippen MR) is 52.5 cm³/mol. The van der Waals surface area contributed by atoms with Crippen molar-refractivity contribution in [3.05, 3.63) is 42.0 Å². The molecule has 0 amide bonds. The van der Waals surface area contributed by atoms with Crippen LogP contribution in [-0.2, 0) is 0 Å². The standard InChI is InChI=1S/C12H10O2/c13-11-9-5-1-2-6-10(9)14-12(11)7-3-4-8-12/h1-6H,7-8H2. The fourth-order valence-electron chi connectivity index (χ4n) is 2.14. The van der Waals surface area contributed by atoms with Gasteiger partial charge in [-0.05, 0) is 12.1 Å². The van der Waals surface area contributed by atoms with Crippen molar-refractivity contribution in [1.82, 2.24) is 0 Å². The van der Waals surface area contributed by atoms with E-state index < -0.39 is 5.60 Å². The Morgan fingerprint density at radius 3 is 2.57 bits per heavy atom. The Bertz CT molecular complexity index is 424. The maximum absolute atomic E-state index is 12.1. The second kappa shape index (κ2) is 2.47. The summed E-state index contributed by atoms with van der Waals surface area (Å²) in [6, 6.07) is 7.47. The van der Waals surface area contributed by atoms with Gasteiger partial charge in [-0.1, -0.05) is 24.3 Å². The number of para-hydroxylation sites is 1. The van der Waals surface area contributed by atoms with Crippen LogP contribution in [0.3, 0.4) is 0 Å². The Morgan fingerprint density at radius 1 is 1.14 bits per heavy atom. The van der Waals surface area contributed by atoms with Crippen LogP contribution in [-0.4, -0.2) is 11.4 Å². The molecular formula is C12H10O2. The minimum Gasteiger partial charge on any atom is -0.478 e. The molecule has 1 aliphatic heterocycles. The second-order valence-corrected chi connectivity index (χ2v) is 3.80. The molecule has 0 unspecified atom stereocenters. The first-order valence-electron chi connectivity index (χ1n) is 4.80. The number of ether oxygens (including phenoxy) is 1. The maximum Gasteiger partial charge on any atom is 0.210 e. The summed E-state index contributed by atoms with van der Waals surface area (Å²) in [6.07, 6.45) is 5.45. The Hall–Kier alpha value is -1.57. The molecule has 1 aliphatic carbocycles. The van der Waals surface area contributed by atoms with Crippen LogP contribution in [0.5, 0.6) is 5.75 Å². The molecule has 3 rings (SSSR count). The number of ketones is 1. The topological polar surface area (TPSA) is 26.3 Å². The van der Waals surface area contributed by atoms with E-state index in [4.69, 9.17) is 4.74 Å². The molecule has 70 valence electrons. The first-order chi connectivity index (χ1) is 6.82. The van der Waals surface area contributed by atoms with Crippen LogP contribution in [0.25, 0.3) is 0 Å². The van der Waals surface area contributed by atoms with Crippen LogP contribution in [0, 0.1) is 0 Å². The molecule has 1 spiro atoms. The summed E-state index contributed by atoms with van der Waals surface area (Å²) in [7, 11) is 0. The molecule has 14 heavy (non-hydrogen) atoms. The summed E-state index contributed by atoms with van der Waals surface area (Å²) < 4.78 is 5.76. The summed E-state index contributed by atoms with van der Waals surface area (Å²) in [5.74, 6) is 0.874. The molecule has 1 aromatic rings. The molecule has 0 N–H and O–H groups in total. The van der Waals surface area contributed by atoms with E-state index in [0.29, 0.717) is 12.8 Å². The third-order valence-corrected chi connectivity index (χ3v) is 2.91. The molecule has 0 atom stereocenters.